The minimum absolute atomic E-state index is 0.145. The molecule has 0 unspecified atom stereocenters. The summed E-state index contributed by atoms with van der Waals surface area (Å²) in [7, 11) is 0. The summed E-state index contributed by atoms with van der Waals surface area (Å²) in [5.74, 6) is -1.01. The highest BCUT2D eigenvalue weighted by Gasteiger charge is 2.06. The Balaban J connectivity index is 2.12. The maximum atomic E-state index is 10.8. The van der Waals surface area contributed by atoms with Crippen molar-refractivity contribution in [2.45, 2.75) is 6.92 Å². The van der Waals surface area contributed by atoms with Crippen LogP contribution in [0.1, 0.15) is 21.1 Å². The fourth-order valence-electron chi connectivity index (χ4n) is 1.35. The van der Waals surface area contributed by atoms with Gasteiger partial charge in [-0.1, -0.05) is 11.6 Å². The Morgan fingerprint density at radius 1 is 1.58 bits per heavy atom. The predicted molar refractivity (Wildman–Crippen MR) is 76.5 cm³/mol. The van der Waals surface area contributed by atoms with E-state index in [0.717, 1.165) is 10.7 Å². The number of rotatable bonds is 4. The topological polar surface area (TPSA) is 74.6 Å². The maximum Gasteiger partial charge on any atom is 0.335 e. The third-order valence-corrected chi connectivity index (χ3v) is 3.35. The van der Waals surface area contributed by atoms with E-state index in [0.29, 0.717) is 10.7 Å². The van der Waals surface area contributed by atoms with Crippen molar-refractivity contribution >= 4 is 40.8 Å². The van der Waals surface area contributed by atoms with Crippen LogP contribution in [0, 0.1) is 6.92 Å². The average Bonchev–Trinajstić information content (AvgIpc) is 2.77. The van der Waals surface area contributed by atoms with Crippen molar-refractivity contribution in [1.82, 2.24) is 4.98 Å². The van der Waals surface area contributed by atoms with Gasteiger partial charge < -0.3 is 5.11 Å². The molecule has 0 fully saturated rings. The second-order valence-corrected chi connectivity index (χ2v) is 5.13. The molecule has 5 nitrogen and oxygen atoms in total. The fraction of sp³-hybridized carbons (Fsp3) is 0.0833. The number of aromatic carboxylic acids is 1. The van der Waals surface area contributed by atoms with Gasteiger partial charge in [-0.15, -0.1) is 11.3 Å². The monoisotopic (exact) mass is 295 g/mol. The lowest BCUT2D eigenvalue weighted by molar-refractivity contribution is 0.0697. The van der Waals surface area contributed by atoms with Crippen molar-refractivity contribution < 1.29 is 9.90 Å². The van der Waals surface area contributed by atoms with E-state index >= 15 is 0 Å². The summed E-state index contributed by atoms with van der Waals surface area (Å²) in [4.78, 5) is 15.1. The minimum atomic E-state index is -1.01. The van der Waals surface area contributed by atoms with Gasteiger partial charge in [0.2, 0.25) is 0 Å². The van der Waals surface area contributed by atoms with Crippen molar-refractivity contribution in [1.29, 1.82) is 0 Å². The standard InChI is InChI=1S/C12H10ClN3O2S/c1-7-15-9(6-19-7)5-14-16-11-4-8(12(17)18)2-3-10(11)13/h2-6,16H,1H3,(H,17,18)/b14-5-. The molecule has 1 heterocycles. The number of benzene rings is 1. The van der Waals surface area contributed by atoms with Crippen molar-refractivity contribution in [2.75, 3.05) is 5.43 Å². The number of carboxylic acid groups (broad SMARTS) is 1. The molecule has 7 heteroatoms. The van der Waals surface area contributed by atoms with Crippen LogP contribution in [0.5, 0.6) is 0 Å². The smallest absolute Gasteiger partial charge is 0.335 e. The fourth-order valence-corrected chi connectivity index (χ4v) is 2.07. The van der Waals surface area contributed by atoms with Gasteiger partial charge in [-0.25, -0.2) is 9.78 Å². The number of aryl methyl sites for hydroxylation is 1. The van der Waals surface area contributed by atoms with Crippen LogP contribution in [-0.4, -0.2) is 22.3 Å². The lowest BCUT2D eigenvalue weighted by Gasteiger charge is -2.04. The van der Waals surface area contributed by atoms with Gasteiger partial charge in [0.15, 0.2) is 0 Å². The molecule has 0 atom stereocenters. The van der Waals surface area contributed by atoms with E-state index in [-0.39, 0.29) is 5.56 Å². The molecule has 0 radical (unpaired) electrons. The van der Waals surface area contributed by atoms with Gasteiger partial charge in [0.1, 0.15) is 0 Å². The van der Waals surface area contributed by atoms with Gasteiger partial charge in [0.25, 0.3) is 0 Å². The first-order valence-corrected chi connectivity index (χ1v) is 6.56. The Kier molecular flexibility index (Phi) is 4.13. The first-order chi connectivity index (χ1) is 9.06. The lowest BCUT2D eigenvalue weighted by Crippen LogP contribution is -1.98. The number of aromatic nitrogens is 1. The van der Waals surface area contributed by atoms with E-state index in [4.69, 9.17) is 16.7 Å². The van der Waals surface area contributed by atoms with Crippen LogP contribution < -0.4 is 5.43 Å². The highest BCUT2D eigenvalue weighted by Crippen LogP contribution is 2.23. The van der Waals surface area contributed by atoms with Crippen molar-refractivity contribution in [2.24, 2.45) is 5.10 Å². The van der Waals surface area contributed by atoms with Crippen LogP contribution in [0.15, 0.2) is 28.7 Å². The second-order valence-electron chi connectivity index (χ2n) is 3.66. The molecule has 0 aliphatic heterocycles. The number of hydrogen-bond donors (Lipinski definition) is 2. The van der Waals surface area contributed by atoms with E-state index in [1.165, 1.54) is 29.5 Å². The third-order valence-electron chi connectivity index (χ3n) is 2.23. The quantitative estimate of drug-likeness (QED) is 0.671. The van der Waals surface area contributed by atoms with Crippen molar-refractivity contribution in [3.63, 3.8) is 0 Å². The SMILES string of the molecule is Cc1nc(/C=N\Nc2cc(C(=O)O)ccc2Cl)cs1. The van der Waals surface area contributed by atoms with E-state index in [1.807, 2.05) is 12.3 Å². The molecular weight excluding hydrogens is 286 g/mol. The van der Waals surface area contributed by atoms with Gasteiger partial charge in [-0.3, -0.25) is 5.43 Å². The van der Waals surface area contributed by atoms with Crippen LogP contribution in [0.3, 0.4) is 0 Å². The molecule has 0 aliphatic rings. The van der Waals surface area contributed by atoms with E-state index in [9.17, 15) is 4.79 Å². The molecule has 0 saturated heterocycles. The molecule has 0 bridgehead atoms. The van der Waals surface area contributed by atoms with Crippen molar-refractivity contribution in [3.8, 4) is 0 Å². The van der Waals surface area contributed by atoms with Crippen LogP contribution >= 0.6 is 22.9 Å². The zero-order chi connectivity index (χ0) is 13.8. The normalized spacial score (nSPS) is 10.8. The molecule has 19 heavy (non-hydrogen) atoms. The third kappa shape index (κ3) is 3.52. The highest BCUT2D eigenvalue weighted by atomic mass is 35.5. The number of carbonyl (C=O) groups is 1. The number of nitrogens with zero attached hydrogens (tertiary/aromatic N) is 2. The highest BCUT2D eigenvalue weighted by molar-refractivity contribution is 7.09. The van der Waals surface area contributed by atoms with E-state index < -0.39 is 5.97 Å². The number of halogens is 1. The van der Waals surface area contributed by atoms with Crippen LogP contribution in [-0.2, 0) is 0 Å². The van der Waals surface area contributed by atoms with Gasteiger partial charge >= 0.3 is 5.97 Å². The number of carboxylic acids is 1. The summed E-state index contributed by atoms with van der Waals surface area (Å²) in [5, 5.41) is 16.1. The van der Waals surface area contributed by atoms with Gasteiger partial charge in [-0.05, 0) is 25.1 Å². The molecule has 98 valence electrons. The lowest BCUT2D eigenvalue weighted by atomic mass is 10.2. The molecule has 1 aromatic heterocycles. The minimum Gasteiger partial charge on any atom is -0.478 e. The molecule has 0 spiro atoms. The summed E-state index contributed by atoms with van der Waals surface area (Å²) in [6, 6.07) is 4.37. The Bertz CT molecular complexity index is 640. The number of nitrogens with one attached hydrogen (secondary N) is 1. The summed E-state index contributed by atoms with van der Waals surface area (Å²) in [6.07, 6.45) is 1.55. The zero-order valence-electron chi connectivity index (χ0n) is 9.92. The molecule has 0 saturated carbocycles. The molecule has 1 aromatic carbocycles. The summed E-state index contributed by atoms with van der Waals surface area (Å²) in [5.41, 5.74) is 4.02. The summed E-state index contributed by atoms with van der Waals surface area (Å²) in [6.45, 7) is 1.91. The number of hydrogen-bond acceptors (Lipinski definition) is 5. The number of hydrazone groups is 1. The Hall–Kier alpha value is -1.92. The molecule has 2 N–H and O–H groups in total. The van der Waals surface area contributed by atoms with Crippen LogP contribution in [0.25, 0.3) is 0 Å². The first kappa shape index (κ1) is 13.5. The van der Waals surface area contributed by atoms with Gasteiger partial charge in [-0.2, -0.15) is 5.10 Å². The van der Waals surface area contributed by atoms with Crippen LogP contribution in [0.2, 0.25) is 5.02 Å². The average molecular weight is 296 g/mol. The zero-order valence-corrected chi connectivity index (χ0v) is 11.5. The molecule has 2 aromatic rings. The van der Waals surface area contributed by atoms with E-state index in [1.54, 1.807) is 6.21 Å². The van der Waals surface area contributed by atoms with Gasteiger partial charge in [0, 0.05) is 5.38 Å². The number of thiazole rings is 1. The van der Waals surface area contributed by atoms with Crippen LogP contribution in [0.4, 0.5) is 5.69 Å². The van der Waals surface area contributed by atoms with E-state index in [2.05, 4.69) is 15.5 Å². The molecular formula is C12H10ClN3O2S. The largest absolute Gasteiger partial charge is 0.478 e. The summed E-state index contributed by atoms with van der Waals surface area (Å²) >= 11 is 7.47. The first-order valence-electron chi connectivity index (χ1n) is 5.30. The number of anilines is 1. The predicted octanol–water partition coefficient (Wildman–Crippen LogP) is 3.25. The molecule has 0 aliphatic carbocycles. The molecule has 0 amide bonds. The maximum absolute atomic E-state index is 10.8. The van der Waals surface area contributed by atoms with Gasteiger partial charge in [0.05, 0.1) is 33.2 Å². The van der Waals surface area contributed by atoms with Crippen molar-refractivity contribution in [3.05, 3.63) is 44.9 Å². The molecule has 2 rings (SSSR count). The Labute approximate surface area is 118 Å². The Morgan fingerprint density at radius 3 is 3.00 bits per heavy atom. The Morgan fingerprint density at radius 2 is 2.37 bits per heavy atom. The second kappa shape index (κ2) is 5.81. The summed E-state index contributed by atoms with van der Waals surface area (Å²) < 4.78 is 0.